The number of benzene rings is 1. The second-order valence-corrected chi connectivity index (χ2v) is 3.93. The Kier molecular flexibility index (Phi) is 3.06. The number of hydrogen-bond donors (Lipinski definition) is 1. The molecule has 0 saturated heterocycles. The second-order valence-electron chi connectivity index (χ2n) is 3.52. The molecule has 3 nitrogen and oxygen atoms in total. The molecule has 0 bridgehead atoms. The van der Waals surface area contributed by atoms with E-state index < -0.39 is 0 Å². The van der Waals surface area contributed by atoms with Gasteiger partial charge in [-0.25, -0.2) is 9.98 Å². The van der Waals surface area contributed by atoms with Crippen LogP contribution in [0.1, 0.15) is 18.4 Å². The molecule has 0 aliphatic carbocycles. The van der Waals surface area contributed by atoms with Crippen molar-refractivity contribution in [2.75, 3.05) is 0 Å². The predicted octanol–water partition coefficient (Wildman–Crippen LogP) is 3.28. The lowest BCUT2D eigenvalue weighted by molar-refractivity contribution is 0.475. The summed E-state index contributed by atoms with van der Waals surface area (Å²) in [5.41, 5.74) is 1.84. The van der Waals surface area contributed by atoms with Gasteiger partial charge in [0.15, 0.2) is 0 Å². The van der Waals surface area contributed by atoms with E-state index in [2.05, 4.69) is 16.7 Å². The van der Waals surface area contributed by atoms with Crippen molar-refractivity contribution in [1.29, 1.82) is 0 Å². The van der Waals surface area contributed by atoms with Gasteiger partial charge in [-0.15, -0.1) is 0 Å². The molecule has 82 valence electrons. The highest BCUT2D eigenvalue weighted by Crippen LogP contribution is 2.31. The molecule has 1 aromatic carbocycles. The van der Waals surface area contributed by atoms with Crippen molar-refractivity contribution in [3.05, 3.63) is 35.0 Å². The Bertz CT molecular complexity index is 492. The first kappa shape index (κ1) is 10.9. The molecule has 0 unspecified atom stereocenters. The van der Waals surface area contributed by atoms with Crippen LogP contribution in [0, 0.1) is 0 Å². The molecule has 1 N–H and O–H groups in total. The highest BCUT2D eigenvalue weighted by Gasteiger charge is 2.12. The van der Waals surface area contributed by atoms with E-state index in [1.165, 1.54) is 0 Å². The Hall–Kier alpha value is -1.61. The fourth-order valence-electron chi connectivity index (χ4n) is 1.61. The number of aromatic hydroxyl groups is 1. The third kappa shape index (κ3) is 2.14. The molecule has 0 aromatic heterocycles. The van der Waals surface area contributed by atoms with Gasteiger partial charge in [0.1, 0.15) is 11.6 Å². The normalized spacial score (nSPS) is 15.3. The Balaban J connectivity index is 2.39. The Labute approximate surface area is 98.8 Å². The van der Waals surface area contributed by atoms with Crippen LogP contribution in [0.15, 0.2) is 34.4 Å². The quantitative estimate of drug-likeness (QED) is 0.745. The number of allylic oxidation sites excluding steroid dienone is 1. The van der Waals surface area contributed by atoms with Crippen LogP contribution < -0.4 is 0 Å². The summed E-state index contributed by atoms with van der Waals surface area (Å²) in [5.74, 6) is 0.942. The lowest BCUT2D eigenvalue weighted by atomic mass is 10.00. The zero-order valence-corrected chi connectivity index (χ0v) is 9.41. The molecule has 1 aliphatic rings. The van der Waals surface area contributed by atoms with Gasteiger partial charge >= 0.3 is 0 Å². The fourth-order valence-corrected chi connectivity index (χ4v) is 1.85. The van der Waals surface area contributed by atoms with Gasteiger partial charge in [0.2, 0.25) is 0 Å². The van der Waals surface area contributed by atoms with Crippen LogP contribution in [0.5, 0.6) is 5.75 Å². The zero-order chi connectivity index (χ0) is 11.5. The average Bonchev–Trinajstić information content (AvgIpc) is 2.32. The van der Waals surface area contributed by atoms with E-state index in [4.69, 9.17) is 11.6 Å². The maximum absolute atomic E-state index is 9.42. The van der Waals surface area contributed by atoms with Crippen molar-refractivity contribution < 1.29 is 5.11 Å². The van der Waals surface area contributed by atoms with Crippen molar-refractivity contribution in [3.63, 3.8) is 0 Å². The molecule has 0 fully saturated rings. The Morgan fingerprint density at radius 1 is 1.38 bits per heavy atom. The topological polar surface area (TPSA) is 45.0 Å². The van der Waals surface area contributed by atoms with E-state index in [1.54, 1.807) is 24.4 Å². The number of phenolic OH excluding ortho intramolecular Hbond substituents is 1. The van der Waals surface area contributed by atoms with E-state index in [1.807, 2.05) is 0 Å². The zero-order valence-electron chi connectivity index (χ0n) is 8.65. The molecule has 0 saturated carbocycles. The number of halogens is 1. The molecular weight excluding hydrogens is 224 g/mol. The Morgan fingerprint density at radius 3 is 2.81 bits per heavy atom. The van der Waals surface area contributed by atoms with Crippen LogP contribution >= 0.6 is 11.6 Å². The van der Waals surface area contributed by atoms with Gasteiger partial charge in [-0.3, -0.25) is 0 Å². The number of phenols is 1. The van der Waals surface area contributed by atoms with Crippen LogP contribution in [-0.2, 0) is 0 Å². The molecule has 16 heavy (non-hydrogen) atoms. The average molecular weight is 235 g/mol. The largest absolute Gasteiger partial charge is 0.508 e. The molecule has 1 aliphatic heterocycles. The molecule has 2 rings (SSSR count). The SMILES string of the molecule is C=NC1=NC=C(c2cc(O)ccc2Cl)CC1. The summed E-state index contributed by atoms with van der Waals surface area (Å²) in [6, 6.07) is 4.89. The van der Waals surface area contributed by atoms with E-state index >= 15 is 0 Å². The number of amidine groups is 1. The molecule has 4 heteroatoms. The van der Waals surface area contributed by atoms with Crippen molar-refractivity contribution >= 4 is 29.7 Å². The minimum atomic E-state index is 0.205. The minimum Gasteiger partial charge on any atom is -0.508 e. The van der Waals surface area contributed by atoms with Gasteiger partial charge in [0.25, 0.3) is 0 Å². The summed E-state index contributed by atoms with van der Waals surface area (Å²) in [6.07, 6.45) is 3.29. The third-order valence-corrected chi connectivity index (χ3v) is 2.80. The first-order valence-corrected chi connectivity index (χ1v) is 5.30. The van der Waals surface area contributed by atoms with Crippen LogP contribution in [-0.4, -0.2) is 17.7 Å². The molecule has 0 amide bonds. The monoisotopic (exact) mass is 234 g/mol. The summed E-state index contributed by atoms with van der Waals surface area (Å²) in [6.45, 7) is 3.44. The first-order chi connectivity index (χ1) is 7.70. The van der Waals surface area contributed by atoms with Crippen molar-refractivity contribution in [2.45, 2.75) is 12.8 Å². The summed E-state index contributed by atoms with van der Waals surface area (Å²) in [5, 5.41) is 10.0. The van der Waals surface area contributed by atoms with Crippen LogP contribution in [0.2, 0.25) is 5.02 Å². The van der Waals surface area contributed by atoms with Crippen LogP contribution in [0.4, 0.5) is 0 Å². The van der Waals surface area contributed by atoms with Crippen molar-refractivity contribution in [2.24, 2.45) is 9.98 Å². The highest BCUT2D eigenvalue weighted by molar-refractivity contribution is 6.32. The van der Waals surface area contributed by atoms with E-state index in [9.17, 15) is 5.11 Å². The minimum absolute atomic E-state index is 0.205. The molecule has 0 radical (unpaired) electrons. The van der Waals surface area contributed by atoms with Gasteiger partial charge in [-0.2, -0.15) is 0 Å². The van der Waals surface area contributed by atoms with Crippen molar-refractivity contribution in [1.82, 2.24) is 0 Å². The van der Waals surface area contributed by atoms with Crippen molar-refractivity contribution in [3.8, 4) is 5.75 Å². The maximum Gasteiger partial charge on any atom is 0.127 e. The fraction of sp³-hybridized carbons (Fsp3) is 0.167. The third-order valence-electron chi connectivity index (χ3n) is 2.47. The first-order valence-electron chi connectivity index (χ1n) is 4.92. The van der Waals surface area contributed by atoms with Gasteiger partial charge in [-0.1, -0.05) is 11.6 Å². The van der Waals surface area contributed by atoms with E-state index in [-0.39, 0.29) is 5.75 Å². The highest BCUT2D eigenvalue weighted by atomic mass is 35.5. The van der Waals surface area contributed by atoms with Gasteiger partial charge in [0, 0.05) is 23.2 Å². The van der Waals surface area contributed by atoms with Gasteiger partial charge in [0.05, 0.1) is 0 Å². The standard InChI is InChI=1S/C12H11ClN2O/c1-14-12-5-2-8(7-15-12)10-6-9(16)3-4-11(10)13/h3-4,6-7,16H,1-2,5H2. The number of nitrogens with zero attached hydrogens (tertiary/aromatic N) is 2. The molecule has 1 aromatic rings. The van der Waals surface area contributed by atoms with E-state index in [0.717, 1.165) is 29.8 Å². The molecule has 0 spiro atoms. The summed E-state index contributed by atoms with van der Waals surface area (Å²) in [4.78, 5) is 7.95. The van der Waals surface area contributed by atoms with Crippen LogP contribution in [0.25, 0.3) is 5.57 Å². The molecule has 0 atom stereocenters. The lowest BCUT2D eigenvalue weighted by Gasteiger charge is -2.12. The van der Waals surface area contributed by atoms with Gasteiger partial charge < -0.3 is 5.11 Å². The smallest absolute Gasteiger partial charge is 0.127 e. The Morgan fingerprint density at radius 2 is 2.19 bits per heavy atom. The maximum atomic E-state index is 9.42. The number of hydrogen-bond acceptors (Lipinski definition) is 3. The summed E-state index contributed by atoms with van der Waals surface area (Å²) in [7, 11) is 0. The predicted molar refractivity (Wildman–Crippen MR) is 67.3 cm³/mol. The number of aliphatic imine (C=N–C) groups is 2. The molecular formula is C12H11ClN2O. The summed E-state index contributed by atoms with van der Waals surface area (Å²) < 4.78 is 0. The van der Waals surface area contributed by atoms with Gasteiger partial charge in [-0.05, 0) is 36.9 Å². The van der Waals surface area contributed by atoms with Crippen LogP contribution in [0.3, 0.4) is 0 Å². The second kappa shape index (κ2) is 4.49. The summed E-state index contributed by atoms with van der Waals surface area (Å²) >= 11 is 6.06. The number of rotatable bonds is 1. The van der Waals surface area contributed by atoms with E-state index in [0.29, 0.717) is 5.02 Å². The lowest BCUT2D eigenvalue weighted by Crippen LogP contribution is -1.99. The molecule has 1 heterocycles.